The smallest absolute Gasteiger partial charge is 0.347 e. The maximum Gasteiger partial charge on any atom is 0.347 e. The zero-order valence-corrected chi connectivity index (χ0v) is 9.31. The van der Waals surface area contributed by atoms with E-state index in [1.807, 2.05) is 0 Å². The van der Waals surface area contributed by atoms with Gasteiger partial charge in [0.15, 0.2) is 0 Å². The van der Waals surface area contributed by atoms with Crippen LogP contribution in [0.5, 0.6) is 5.75 Å². The molecule has 0 aromatic heterocycles. The number of phenolic OH excluding ortho intramolecular Hbond substituents is 1. The number of carboxylic acids is 1. The van der Waals surface area contributed by atoms with E-state index in [0.29, 0.717) is 5.56 Å². The van der Waals surface area contributed by atoms with Gasteiger partial charge in [-0.1, -0.05) is 12.1 Å². The van der Waals surface area contributed by atoms with Crippen molar-refractivity contribution >= 4 is 18.0 Å². The Morgan fingerprint density at radius 3 is 2.39 bits per heavy atom. The molecule has 0 bridgehead atoms. The Balaban J connectivity index is 2.59. The predicted octanol–water partition coefficient (Wildman–Crippen LogP) is 0.394. The Morgan fingerprint density at radius 1 is 1.28 bits per heavy atom. The van der Waals surface area contributed by atoms with E-state index in [9.17, 15) is 9.59 Å². The number of carbonyl (C=O) groups is 2. The molecule has 0 spiro atoms. The summed E-state index contributed by atoms with van der Waals surface area (Å²) in [6.45, 7) is -0.784. The highest BCUT2D eigenvalue weighted by atomic mass is 16.6. The van der Waals surface area contributed by atoms with Crippen LogP contribution in [0, 0.1) is 0 Å². The van der Waals surface area contributed by atoms with Crippen LogP contribution in [0.15, 0.2) is 30.3 Å². The van der Waals surface area contributed by atoms with Gasteiger partial charge in [-0.3, -0.25) is 0 Å². The first-order valence-electron chi connectivity index (χ1n) is 5.04. The number of benzene rings is 1. The SMILES string of the molecule is O=C(C=Cc1ccc(O)cc1)OC(CO)C(=O)O. The Morgan fingerprint density at radius 2 is 1.89 bits per heavy atom. The van der Waals surface area contributed by atoms with E-state index in [0.717, 1.165) is 6.08 Å². The normalized spacial score (nSPS) is 12.3. The highest BCUT2D eigenvalue weighted by Crippen LogP contribution is 2.10. The number of hydrogen-bond acceptors (Lipinski definition) is 5. The van der Waals surface area contributed by atoms with Crippen molar-refractivity contribution in [1.82, 2.24) is 0 Å². The molecule has 0 fully saturated rings. The van der Waals surface area contributed by atoms with Crippen LogP contribution in [-0.2, 0) is 14.3 Å². The summed E-state index contributed by atoms with van der Waals surface area (Å²) < 4.78 is 4.48. The molecule has 0 amide bonds. The molecule has 0 radical (unpaired) electrons. The van der Waals surface area contributed by atoms with Gasteiger partial charge in [0, 0.05) is 6.08 Å². The molecule has 0 aliphatic carbocycles. The summed E-state index contributed by atoms with van der Waals surface area (Å²) in [4.78, 5) is 21.7. The quantitative estimate of drug-likeness (QED) is 0.517. The van der Waals surface area contributed by atoms with Gasteiger partial charge in [0.25, 0.3) is 0 Å². The summed E-state index contributed by atoms with van der Waals surface area (Å²) in [6, 6.07) is 6.03. The van der Waals surface area contributed by atoms with Crippen LogP contribution in [0.4, 0.5) is 0 Å². The number of phenols is 1. The summed E-state index contributed by atoms with van der Waals surface area (Å²) in [7, 11) is 0. The maximum atomic E-state index is 11.2. The molecule has 6 nitrogen and oxygen atoms in total. The number of carbonyl (C=O) groups excluding carboxylic acids is 1. The largest absolute Gasteiger partial charge is 0.508 e. The molecular formula is C12H12O6. The van der Waals surface area contributed by atoms with Gasteiger partial charge in [-0.25, -0.2) is 9.59 Å². The summed E-state index contributed by atoms with van der Waals surface area (Å²) in [5, 5.41) is 26.2. The van der Waals surface area contributed by atoms with E-state index < -0.39 is 24.6 Å². The number of ether oxygens (including phenoxy) is 1. The molecule has 0 heterocycles. The van der Waals surface area contributed by atoms with Crippen molar-refractivity contribution in [2.75, 3.05) is 6.61 Å². The zero-order chi connectivity index (χ0) is 13.5. The molecule has 1 aromatic rings. The topological polar surface area (TPSA) is 104 Å². The molecule has 1 unspecified atom stereocenters. The predicted molar refractivity (Wildman–Crippen MR) is 61.7 cm³/mol. The fourth-order valence-electron chi connectivity index (χ4n) is 1.09. The highest BCUT2D eigenvalue weighted by Gasteiger charge is 2.19. The lowest BCUT2D eigenvalue weighted by atomic mass is 10.2. The number of aliphatic hydroxyl groups excluding tert-OH is 1. The van der Waals surface area contributed by atoms with Crippen LogP contribution in [0.3, 0.4) is 0 Å². The first-order valence-corrected chi connectivity index (χ1v) is 5.04. The Bertz CT molecular complexity index is 448. The van der Waals surface area contributed by atoms with Crippen LogP contribution >= 0.6 is 0 Å². The van der Waals surface area contributed by atoms with Crippen LogP contribution in [0.1, 0.15) is 5.56 Å². The molecule has 6 heteroatoms. The van der Waals surface area contributed by atoms with Crippen molar-refractivity contribution < 1.29 is 29.6 Å². The van der Waals surface area contributed by atoms with Crippen LogP contribution in [-0.4, -0.2) is 40.0 Å². The van der Waals surface area contributed by atoms with Crippen molar-refractivity contribution in [3.05, 3.63) is 35.9 Å². The van der Waals surface area contributed by atoms with Crippen molar-refractivity contribution in [3.63, 3.8) is 0 Å². The fraction of sp³-hybridized carbons (Fsp3) is 0.167. The lowest BCUT2D eigenvalue weighted by Gasteiger charge is -2.08. The number of aliphatic hydroxyl groups is 1. The summed E-state index contributed by atoms with van der Waals surface area (Å²) in [6.07, 6.45) is 0.873. The molecule has 96 valence electrons. The molecule has 18 heavy (non-hydrogen) atoms. The lowest BCUT2D eigenvalue weighted by molar-refractivity contribution is -0.163. The zero-order valence-electron chi connectivity index (χ0n) is 9.31. The third-order valence-corrected chi connectivity index (χ3v) is 2.00. The van der Waals surface area contributed by atoms with E-state index in [2.05, 4.69) is 4.74 Å². The van der Waals surface area contributed by atoms with Crippen LogP contribution in [0.2, 0.25) is 0 Å². The van der Waals surface area contributed by atoms with E-state index >= 15 is 0 Å². The molecule has 0 saturated heterocycles. The van der Waals surface area contributed by atoms with Crippen LogP contribution in [0.25, 0.3) is 6.08 Å². The summed E-state index contributed by atoms with van der Waals surface area (Å²) in [5.41, 5.74) is 0.639. The minimum atomic E-state index is -1.57. The Hall–Kier alpha value is -2.34. The van der Waals surface area contributed by atoms with Gasteiger partial charge >= 0.3 is 11.9 Å². The van der Waals surface area contributed by atoms with Gasteiger partial charge in [-0.15, -0.1) is 0 Å². The van der Waals surface area contributed by atoms with E-state index in [-0.39, 0.29) is 5.75 Å². The molecule has 1 aromatic carbocycles. The number of aliphatic carboxylic acids is 1. The maximum absolute atomic E-state index is 11.2. The number of hydrogen-bond donors (Lipinski definition) is 3. The summed E-state index contributed by atoms with van der Waals surface area (Å²) in [5.74, 6) is -2.19. The number of esters is 1. The minimum absolute atomic E-state index is 0.0981. The lowest BCUT2D eigenvalue weighted by Crippen LogP contribution is -2.29. The molecule has 3 N–H and O–H groups in total. The van der Waals surface area contributed by atoms with Crippen molar-refractivity contribution in [2.24, 2.45) is 0 Å². The average Bonchev–Trinajstić information content (AvgIpc) is 2.35. The molecular weight excluding hydrogens is 240 g/mol. The molecule has 0 aliphatic rings. The Kier molecular flexibility index (Phi) is 4.89. The second kappa shape index (κ2) is 6.41. The first kappa shape index (κ1) is 13.7. The fourth-order valence-corrected chi connectivity index (χ4v) is 1.09. The molecule has 1 atom stereocenters. The Labute approximate surface area is 103 Å². The monoisotopic (exact) mass is 252 g/mol. The second-order valence-corrected chi connectivity index (χ2v) is 3.37. The van der Waals surface area contributed by atoms with E-state index in [4.69, 9.17) is 15.3 Å². The molecule has 0 saturated carbocycles. The van der Waals surface area contributed by atoms with Crippen molar-refractivity contribution in [2.45, 2.75) is 6.10 Å². The summed E-state index contributed by atoms with van der Waals surface area (Å²) >= 11 is 0. The van der Waals surface area contributed by atoms with Crippen molar-refractivity contribution in [3.8, 4) is 5.75 Å². The number of aromatic hydroxyl groups is 1. The second-order valence-electron chi connectivity index (χ2n) is 3.37. The van der Waals surface area contributed by atoms with Gasteiger partial charge in [0.1, 0.15) is 5.75 Å². The molecule has 0 aliphatic heterocycles. The molecule has 1 rings (SSSR count). The van der Waals surface area contributed by atoms with E-state index in [1.54, 1.807) is 12.1 Å². The standard InChI is InChI=1S/C12H12O6/c13-7-10(12(16)17)18-11(15)6-3-8-1-4-9(14)5-2-8/h1-6,10,13-14H,7H2,(H,16,17). The number of carboxylic acid groups (broad SMARTS) is 1. The van der Waals surface area contributed by atoms with Gasteiger partial charge < -0.3 is 20.1 Å². The van der Waals surface area contributed by atoms with Crippen molar-refractivity contribution in [1.29, 1.82) is 0 Å². The third-order valence-electron chi connectivity index (χ3n) is 2.00. The minimum Gasteiger partial charge on any atom is -0.508 e. The van der Waals surface area contributed by atoms with Gasteiger partial charge in [-0.05, 0) is 23.8 Å². The van der Waals surface area contributed by atoms with E-state index in [1.165, 1.54) is 18.2 Å². The first-order chi connectivity index (χ1) is 8.52. The van der Waals surface area contributed by atoms with Gasteiger partial charge in [0.05, 0.1) is 6.61 Å². The number of rotatable bonds is 5. The highest BCUT2D eigenvalue weighted by molar-refractivity contribution is 5.89. The third kappa shape index (κ3) is 4.26. The van der Waals surface area contributed by atoms with Gasteiger partial charge in [-0.2, -0.15) is 0 Å². The van der Waals surface area contributed by atoms with Crippen LogP contribution < -0.4 is 0 Å². The van der Waals surface area contributed by atoms with Gasteiger partial charge in [0.2, 0.25) is 6.10 Å². The average molecular weight is 252 g/mol.